The van der Waals surface area contributed by atoms with Gasteiger partial charge in [0.2, 0.25) is 0 Å². The third-order valence-corrected chi connectivity index (χ3v) is 4.86. The molecule has 0 radical (unpaired) electrons. The number of rotatable bonds is 6. The first kappa shape index (κ1) is 14.4. The summed E-state index contributed by atoms with van der Waals surface area (Å²) in [4.78, 5) is 0. The molecule has 100 valence electrons. The van der Waals surface area contributed by atoms with Crippen LogP contribution in [0.25, 0.3) is 0 Å². The van der Waals surface area contributed by atoms with Gasteiger partial charge in [-0.15, -0.1) is 0 Å². The van der Waals surface area contributed by atoms with Crippen LogP contribution in [0.4, 0.5) is 0 Å². The maximum atomic E-state index is 9.16. The van der Waals surface area contributed by atoms with Crippen molar-refractivity contribution >= 4 is 25.1 Å². The summed E-state index contributed by atoms with van der Waals surface area (Å²) in [7, 11) is 0.150. The molecule has 1 aromatic carbocycles. The summed E-state index contributed by atoms with van der Waals surface area (Å²) < 4.78 is 23.0. The van der Waals surface area contributed by atoms with Gasteiger partial charge in [0.1, 0.15) is 18.5 Å². The average molecular weight is 318 g/mol. The number of aliphatic hydroxyl groups excluding tert-OH is 2. The molecule has 2 rings (SSSR count). The first-order valence-corrected chi connectivity index (χ1v) is 8.06. The molecule has 1 atom stereocenters. The Labute approximate surface area is 114 Å². The van der Waals surface area contributed by atoms with Gasteiger partial charge >= 0.3 is 25.1 Å². The van der Waals surface area contributed by atoms with Crippen LogP contribution < -0.4 is 9.26 Å². The van der Waals surface area contributed by atoms with Crippen molar-refractivity contribution in [1.82, 2.24) is 13.5 Å². The zero-order valence-corrected chi connectivity index (χ0v) is 12.4. The van der Waals surface area contributed by atoms with Gasteiger partial charge in [0.25, 0.3) is 0 Å². The highest BCUT2D eigenvalue weighted by atomic mass is 31.2. The monoisotopic (exact) mass is 318 g/mol. The van der Waals surface area contributed by atoms with Gasteiger partial charge in [-0.25, -0.2) is 0 Å². The molecule has 1 unspecified atom stereocenters. The highest BCUT2D eigenvalue weighted by Gasteiger charge is 2.08. The van der Waals surface area contributed by atoms with Crippen molar-refractivity contribution in [2.24, 2.45) is 0 Å². The van der Waals surface area contributed by atoms with Gasteiger partial charge in [-0.3, -0.25) is 0 Å². The Morgan fingerprint density at radius 2 is 1.79 bits per heavy atom. The molecule has 10 heteroatoms. The van der Waals surface area contributed by atoms with Crippen molar-refractivity contribution in [3.8, 4) is 11.5 Å². The van der Waals surface area contributed by atoms with E-state index in [2.05, 4.69) is 13.5 Å². The molecule has 0 fully saturated rings. The Kier molecular flexibility index (Phi) is 5.77. The molecule has 19 heavy (non-hydrogen) atoms. The van der Waals surface area contributed by atoms with Gasteiger partial charge in [-0.1, -0.05) is 0 Å². The third-order valence-electron chi connectivity index (χ3n) is 1.98. The fraction of sp³-hybridized carbons (Fsp3) is 0.333. The summed E-state index contributed by atoms with van der Waals surface area (Å²) in [6.07, 6.45) is -0.874. The summed E-state index contributed by atoms with van der Waals surface area (Å²) >= 11 is 0. The topological polar surface area (TPSA) is 97.6 Å². The molecule has 7 nitrogen and oxygen atoms in total. The van der Waals surface area contributed by atoms with Gasteiger partial charge in [0.15, 0.2) is 5.75 Å². The summed E-state index contributed by atoms with van der Waals surface area (Å²) in [6, 6.07) is 6.93. The molecule has 0 amide bonds. The van der Waals surface area contributed by atoms with Crippen LogP contribution in [-0.4, -0.2) is 43.1 Å². The number of hydrogen-bond acceptors (Lipinski definition) is 7. The average Bonchev–Trinajstić information content (AvgIpc) is 2.47. The van der Waals surface area contributed by atoms with Crippen molar-refractivity contribution in [2.45, 2.75) is 6.10 Å². The van der Waals surface area contributed by atoms with Gasteiger partial charge < -0.3 is 19.5 Å². The standard InChI is InChI=1S/C9H11N3O4P3/c13-5-7(14)6-15-8-1-3-9(4-2-8)16-19-11-17-10-18-12-19/h1-4,7,13-14H,5-6H2/q+1. The minimum Gasteiger partial charge on any atom is -0.491 e. The van der Waals surface area contributed by atoms with Gasteiger partial charge in [-0.2, -0.15) is 0 Å². The smallest absolute Gasteiger partial charge is 0.414 e. The Morgan fingerprint density at radius 1 is 1.16 bits per heavy atom. The molecule has 1 aromatic heterocycles. The van der Waals surface area contributed by atoms with E-state index in [-0.39, 0.29) is 13.2 Å². The van der Waals surface area contributed by atoms with Gasteiger partial charge in [0, 0.05) is 9.02 Å². The second kappa shape index (κ2) is 7.59. The fourth-order valence-corrected chi connectivity index (χ4v) is 3.80. The fourth-order valence-electron chi connectivity index (χ4n) is 1.11. The van der Waals surface area contributed by atoms with E-state index in [1.165, 1.54) is 0 Å². The summed E-state index contributed by atoms with van der Waals surface area (Å²) in [6.45, 7) is -0.272. The molecular formula is C9H11N3O4P3+. The van der Waals surface area contributed by atoms with E-state index < -0.39 is 14.2 Å². The Bertz CT molecular complexity index is 502. The van der Waals surface area contributed by atoms with E-state index in [1.807, 2.05) is 0 Å². The summed E-state index contributed by atoms with van der Waals surface area (Å²) in [5.74, 6) is 1.25. The number of aromatic nitrogens is 3. The number of nitrogens with zero attached hydrogens (tertiary/aromatic N) is 3. The van der Waals surface area contributed by atoms with E-state index in [1.54, 1.807) is 24.3 Å². The molecule has 0 aliphatic rings. The first-order valence-electron chi connectivity index (χ1n) is 5.29. The van der Waals surface area contributed by atoms with Crippen LogP contribution in [0.15, 0.2) is 24.3 Å². The third kappa shape index (κ3) is 4.90. The Hall–Kier alpha value is -0.960. The quantitative estimate of drug-likeness (QED) is 0.839. The van der Waals surface area contributed by atoms with Crippen LogP contribution >= 0.6 is 25.1 Å². The van der Waals surface area contributed by atoms with Crippen LogP contribution in [0.3, 0.4) is 0 Å². The highest BCUT2D eigenvalue weighted by Crippen LogP contribution is 2.28. The molecule has 0 spiro atoms. The van der Waals surface area contributed by atoms with E-state index in [0.717, 1.165) is 0 Å². The van der Waals surface area contributed by atoms with Gasteiger partial charge in [-0.05, 0) is 28.8 Å². The highest BCUT2D eigenvalue weighted by molar-refractivity contribution is 7.50. The number of benzene rings is 1. The lowest BCUT2D eigenvalue weighted by atomic mass is 10.3. The van der Waals surface area contributed by atoms with Crippen molar-refractivity contribution < 1.29 is 19.5 Å². The minimum absolute atomic E-state index is 0.0490. The second-order valence-corrected chi connectivity index (χ2v) is 6.60. The van der Waals surface area contributed by atoms with E-state index in [9.17, 15) is 0 Å². The zero-order valence-electron chi connectivity index (χ0n) is 9.70. The second-order valence-electron chi connectivity index (χ2n) is 3.41. The number of ether oxygens (including phenoxy) is 1. The zero-order chi connectivity index (χ0) is 13.5. The molecule has 2 aromatic rings. The molecule has 0 saturated carbocycles. The molecular weight excluding hydrogens is 307 g/mol. The van der Waals surface area contributed by atoms with Crippen LogP contribution in [0, 0.1) is 0 Å². The molecule has 0 saturated heterocycles. The maximum Gasteiger partial charge on any atom is 0.414 e. The minimum atomic E-state index is -1.16. The largest absolute Gasteiger partial charge is 0.491 e. The van der Waals surface area contributed by atoms with Crippen LogP contribution in [0.2, 0.25) is 0 Å². The first-order chi connectivity index (χ1) is 9.28. The van der Waals surface area contributed by atoms with Gasteiger partial charge in [0.05, 0.1) is 6.61 Å². The Morgan fingerprint density at radius 3 is 2.42 bits per heavy atom. The molecule has 0 bridgehead atoms. The molecule has 0 aliphatic heterocycles. The van der Waals surface area contributed by atoms with Crippen LogP contribution in [-0.2, 0) is 0 Å². The van der Waals surface area contributed by atoms with Crippen molar-refractivity contribution in [2.75, 3.05) is 13.2 Å². The van der Waals surface area contributed by atoms with E-state index >= 15 is 0 Å². The molecule has 1 heterocycles. The van der Waals surface area contributed by atoms with Crippen LogP contribution in [0.1, 0.15) is 0 Å². The number of hydrogen-bond donors (Lipinski definition) is 2. The normalized spacial score (nSPS) is 13.7. The molecule has 2 N–H and O–H groups in total. The predicted octanol–water partition coefficient (Wildman–Crippen LogP) is 1.87. The lowest BCUT2D eigenvalue weighted by molar-refractivity contribution is 0.0536. The lowest BCUT2D eigenvalue weighted by Gasteiger charge is -2.09. The number of aliphatic hydroxyl groups is 2. The SMILES string of the molecule is OCC(O)COc1ccc(O[p+]2npnpn2)cc1. The summed E-state index contributed by atoms with van der Waals surface area (Å²) in [5, 5.41) is 17.8. The Balaban J connectivity index is 1.91. The van der Waals surface area contributed by atoms with Crippen molar-refractivity contribution in [3.63, 3.8) is 0 Å². The molecule has 0 aliphatic carbocycles. The predicted molar refractivity (Wildman–Crippen MR) is 73.0 cm³/mol. The van der Waals surface area contributed by atoms with Crippen molar-refractivity contribution in [3.05, 3.63) is 24.3 Å². The maximum absolute atomic E-state index is 9.16. The van der Waals surface area contributed by atoms with E-state index in [4.69, 9.17) is 19.5 Å². The van der Waals surface area contributed by atoms with Crippen LogP contribution in [0.5, 0.6) is 11.5 Å². The summed E-state index contributed by atoms with van der Waals surface area (Å²) in [5.41, 5.74) is 0. The van der Waals surface area contributed by atoms with Crippen molar-refractivity contribution in [1.29, 1.82) is 0 Å². The van der Waals surface area contributed by atoms with E-state index in [0.29, 0.717) is 28.5 Å². The lowest BCUT2D eigenvalue weighted by Crippen LogP contribution is -2.21.